The number of nitrogens with two attached hydrogens (primary N) is 1. The topological polar surface area (TPSA) is 118 Å². The number of fused-ring (bicyclic) bond motifs is 1. The van der Waals surface area contributed by atoms with Gasteiger partial charge >= 0.3 is 0 Å². The molecule has 0 aliphatic heterocycles. The van der Waals surface area contributed by atoms with E-state index in [1.165, 1.54) is 6.07 Å². The quantitative estimate of drug-likeness (QED) is 0.450. The molecule has 29 heavy (non-hydrogen) atoms. The predicted octanol–water partition coefficient (Wildman–Crippen LogP) is 2.36. The molecule has 3 aromatic rings. The van der Waals surface area contributed by atoms with E-state index >= 15 is 0 Å². The molecule has 1 amide bonds. The Morgan fingerprint density at radius 1 is 1.34 bits per heavy atom. The Labute approximate surface area is 168 Å². The number of phenolic OH excluding ortho intramolecular Hbond substituents is 1. The fraction of sp³-hybridized carbons (Fsp3) is 0.286. The van der Waals surface area contributed by atoms with Crippen LogP contribution in [-0.4, -0.2) is 46.7 Å². The SMILES string of the molecule is CN(C)CC(=O)N[C@H]1CCc2c(-c3noc(-c4ccc(O)c(N)c4)n3)cccc21. The molecule has 0 saturated carbocycles. The molecule has 0 radical (unpaired) electrons. The Hall–Kier alpha value is -3.39. The first-order valence-electron chi connectivity index (χ1n) is 9.41. The Morgan fingerprint density at radius 3 is 2.93 bits per heavy atom. The summed E-state index contributed by atoms with van der Waals surface area (Å²) in [6.07, 6.45) is 1.67. The maximum absolute atomic E-state index is 12.2. The summed E-state index contributed by atoms with van der Waals surface area (Å²) < 4.78 is 5.42. The van der Waals surface area contributed by atoms with Crippen molar-refractivity contribution >= 4 is 11.6 Å². The first-order chi connectivity index (χ1) is 13.9. The van der Waals surface area contributed by atoms with Gasteiger partial charge in [0.1, 0.15) is 5.75 Å². The number of nitrogen functional groups attached to an aromatic ring is 1. The fourth-order valence-corrected chi connectivity index (χ4v) is 3.68. The smallest absolute Gasteiger partial charge is 0.258 e. The Kier molecular flexibility index (Phi) is 4.94. The van der Waals surface area contributed by atoms with Crippen molar-refractivity contribution in [1.82, 2.24) is 20.4 Å². The lowest BCUT2D eigenvalue weighted by Gasteiger charge is -2.16. The van der Waals surface area contributed by atoms with Gasteiger partial charge in [0.2, 0.25) is 11.7 Å². The molecule has 1 atom stereocenters. The summed E-state index contributed by atoms with van der Waals surface area (Å²) in [5.41, 5.74) is 9.76. The van der Waals surface area contributed by atoms with Crippen LogP contribution < -0.4 is 11.1 Å². The normalized spacial score (nSPS) is 15.5. The van der Waals surface area contributed by atoms with E-state index in [0.29, 0.717) is 23.8 Å². The summed E-state index contributed by atoms with van der Waals surface area (Å²) in [4.78, 5) is 18.5. The number of phenols is 1. The summed E-state index contributed by atoms with van der Waals surface area (Å²) in [5.74, 6) is 0.837. The third-order valence-electron chi connectivity index (χ3n) is 5.01. The van der Waals surface area contributed by atoms with Gasteiger partial charge in [-0.25, -0.2) is 0 Å². The number of aromatic nitrogens is 2. The van der Waals surface area contributed by atoms with E-state index < -0.39 is 0 Å². The van der Waals surface area contributed by atoms with Crippen molar-refractivity contribution in [2.75, 3.05) is 26.4 Å². The Balaban J connectivity index is 1.61. The minimum absolute atomic E-state index is 0.00465. The van der Waals surface area contributed by atoms with Gasteiger partial charge in [0.25, 0.3) is 5.89 Å². The highest BCUT2D eigenvalue weighted by atomic mass is 16.5. The van der Waals surface area contributed by atoms with Crippen molar-refractivity contribution in [3.8, 4) is 28.6 Å². The lowest BCUT2D eigenvalue weighted by molar-refractivity contribution is -0.122. The van der Waals surface area contributed by atoms with Crippen LogP contribution in [0.4, 0.5) is 5.69 Å². The van der Waals surface area contributed by atoms with Crippen LogP contribution in [-0.2, 0) is 11.2 Å². The second kappa shape index (κ2) is 7.56. The molecule has 1 aliphatic rings. The minimum atomic E-state index is -0.0133. The summed E-state index contributed by atoms with van der Waals surface area (Å²) >= 11 is 0. The van der Waals surface area contributed by atoms with E-state index in [1.807, 2.05) is 37.2 Å². The molecular weight excluding hydrogens is 370 g/mol. The lowest BCUT2D eigenvalue weighted by Crippen LogP contribution is -2.35. The monoisotopic (exact) mass is 393 g/mol. The molecule has 1 aromatic heterocycles. The molecular formula is C21H23N5O3. The molecule has 0 saturated heterocycles. The number of nitrogens with one attached hydrogen (secondary N) is 1. The highest BCUT2D eigenvalue weighted by Gasteiger charge is 2.27. The van der Waals surface area contributed by atoms with E-state index in [1.54, 1.807) is 12.1 Å². The second-order valence-corrected chi connectivity index (χ2v) is 7.47. The first kappa shape index (κ1) is 18.9. The number of hydrogen-bond donors (Lipinski definition) is 3. The average molecular weight is 393 g/mol. The number of amides is 1. The number of hydrogen-bond acceptors (Lipinski definition) is 7. The van der Waals surface area contributed by atoms with Gasteiger partial charge in [-0.3, -0.25) is 4.79 Å². The van der Waals surface area contributed by atoms with E-state index in [4.69, 9.17) is 10.3 Å². The maximum Gasteiger partial charge on any atom is 0.258 e. The zero-order valence-electron chi connectivity index (χ0n) is 16.3. The van der Waals surface area contributed by atoms with Gasteiger partial charge in [0.15, 0.2) is 0 Å². The van der Waals surface area contributed by atoms with Gasteiger partial charge in [-0.1, -0.05) is 23.4 Å². The summed E-state index contributed by atoms with van der Waals surface area (Å²) in [7, 11) is 3.74. The first-order valence-corrected chi connectivity index (χ1v) is 9.41. The number of anilines is 1. The molecule has 1 aliphatic carbocycles. The van der Waals surface area contributed by atoms with Crippen LogP contribution in [0.15, 0.2) is 40.9 Å². The van der Waals surface area contributed by atoms with Crippen molar-refractivity contribution in [3.63, 3.8) is 0 Å². The van der Waals surface area contributed by atoms with Gasteiger partial charge in [0, 0.05) is 11.1 Å². The van der Waals surface area contributed by atoms with E-state index in [9.17, 15) is 9.90 Å². The van der Waals surface area contributed by atoms with Crippen molar-refractivity contribution in [3.05, 3.63) is 47.5 Å². The molecule has 0 spiro atoms. The third-order valence-corrected chi connectivity index (χ3v) is 5.01. The van der Waals surface area contributed by atoms with E-state index in [2.05, 4.69) is 15.5 Å². The van der Waals surface area contributed by atoms with Crippen LogP contribution in [0.5, 0.6) is 5.75 Å². The van der Waals surface area contributed by atoms with E-state index in [-0.39, 0.29) is 23.4 Å². The standard InChI is InChI=1S/C21H23N5O3/c1-26(2)11-19(28)23-17-8-7-13-14(17)4-3-5-15(13)20-24-21(29-25-20)12-6-9-18(27)16(22)10-12/h3-6,9-10,17,27H,7-8,11,22H2,1-2H3,(H,23,28)/t17-/m0/s1. The van der Waals surface area contributed by atoms with Crippen LogP contribution in [0.3, 0.4) is 0 Å². The number of rotatable bonds is 5. The summed E-state index contributed by atoms with van der Waals surface area (Å²) in [6.45, 7) is 0.357. The number of carbonyl (C=O) groups excluding carboxylic acids is 1. The summed E-state index contributed by atoms with van der Waals surface area (Å²) in [6, 6.07) is 10.7. The van der Waals surface area contributed by atoms with Crippen LogP contribution in [0.2, 0.25) is 0 Å². The van der Waals surface area contributed by atoms with Gasteiger partial charge in [-0.2, -0.15) is 4.98 Å². The van der Waals surface area contributed by atoms with Gasteiger partial charge in [0.05, 0.1) is 18.3 Å². The third kappa shape index (κ3) is 3.79. The maximum atomic E-state index is 12.2. The largest absolute Gasteiger partial charge is 0.506 e. The number of aromatic hydroxyl groups is 1. The lowest BCUT2D eigenvalue weighted by atomic mass is 10.0. The molecule has 1 heterocycles. The molecule has 0 fully saturated rings. The van der Waals surface area contributed by atoms with Crippen molar-refractivity contribution in [2.45, 2.75) is 18.9 Å². The van der Waals surface area contributed by atoms with Crippen LogP contribution in [0, 0.1) is 0 Å². The molecule has 0 unspecified atom stereocenters. The van der Waals surface area contributed by atoms with Crippen molar-refractivity contribution < 1.29 is 14.4 Å². The highest BCUT2D eigenvalue weighted by molar-refractivity contribution is 5.79. The van der Waals surface area contributed by atoms with Gasteiger partial charge in [-0.05, 0) is 56.3 Å². The predicted molar refractivity (Wildman–Crippen MR) is 109 cm³/mol. The van der Waals surface area contributed by atoms with Crippen LogP contribution in [0.1, 0.15) is 23.6 Å². The van der Waals surface area contributed by atoms with Crippen molar-refractivity contribution in [1.29, 1.82) is 0 Å². The second-order valence-electron chi connectivity index (χ2n) is 7.47. The molecule has 2 aromatic carbocycles. The Morgan fingerprint density at radius 2 is 2.17 bits per heavy atom. The molecule has 8 heteroatoms. The highest BCUT2D eigenvalue weighted by Crippen LogP contribution is 2.37. The number of nitrogens with zero attached hydrogens (tertiary/aromatic N) is 3. The van der Waals surface area contributed by atoms with Crippen LogP contribution >= 0.6 is 0 Å². The molecule has 0 bridgehead atoms. The minimum Gasteiger partial charge on any atom is -0.506 e. The molecule has 4 rings (SSSR count). The Bertz CT molecular complexity index is 1060. The summed E-state index contributed by atoms with van der Waals surface area (Å²) in [5, 5.41) is 16.8. The zero-order chi connectivity index (χ0) is 20.5. The van der Waals surface area contributed by atoms with E-state index in [0.717, 1.165) is 29.5 Å². The van der Waals surface area contributed by atoms with Gasteiger partial charge in [-0.15, -0.1) is 0 Å². The molecule has 8 nitrogen and oxygen atoms in total. The number of benzene rings is 2. The molecule has 150 valence electrons. The van der Waals surface area contributed by atoms with Crippen molar-refractivity contribution in [2.24, 2.45) is 0 Å². The average Bonchev–Trinajstić information content (AvgIpc) is 3.31. The van der Waals surface area contributed by atoms with Gasteiger partial charge < -0.3 is 25.6 Å². The fourth-order valence-electron chi connectivity index (χ4n) is 3.68. The van der Waals surface area contributed by atoms with Crippen LogP contribution in [0.25, 0.3) is 22.8 Å². The molecule has 4 N–H and O–H groups in total. The number of likely N-dealkylation sites (N-methyl/N-ethyl adjacent to an activating group) is 1. The number of carbonyl (C=O) groups is 1. The zero-order valence-corrected chi connectivity index (χ0v) is 16.3.